The molecule has 2 aromatic rings. The largest absolute Gasteiger partial charge is 0.381 e. The zero-order chi connectivity index (χ0) is 18.7. The zero-order valence-corrected chi connectivity index (χ0v) is 17.1. The number of ether oxygens (including phenoxy) is 1. The summed E-state index contributed by atoms with van der Waals surface area (Å²) in [5, 5.41) is 3.28. The minimum Gasteiger partial charge on any atom is -0.381 e. The Balaban J connectivity index is 1.50. The van der Waals surface area contributed by atoms with Gasteiger partial charge in [-0.3, -0.25) is 4.99 Å². The lowest BCUT2D eigenvalue weighted by Crippen LogP contribution is -2.38. The number of fused-ring (bicyclic) bond motifs is 1. The lowest BCUT2D eigenvalue weighted by molar-refractivity contribution is 0.0531. The predicted molar refractivity (Wildman–Crippen MR) is 114 cm³/mol. The highest BCUT2D eigenvalue weighted by molar-refractivity contribution is 9.10. The molecule has 4 rings (SSSR count). The topological polar surface area (TPSA) is 59.6 Å². The number of nitrogens with one attached hydrogen (secondary N) is 1. The quantitative estimate of drug-likeness (QED) is 0.560. The molecular weight excluding hydrogens is 402 g/mol. The standard InChI is InChI=1S/C22H26BrN3O/c23-19-7-5-18(6-8-19)22(10-12-27-13-11-22)15-25-21(24)26-20-9-4-16-2-1-3-17(16)14-20/h4-9,14H,1-3,10-13,15H2,(H3,24,25,26). The molecule has 27 heavy (non-hydrogen) atoms. The Hall–Kier alpha value is -1.85. The normalized spacial score (nSPS) is 18.9. The van der Waals surface area contributed by atoms with Gasteiger partial charge in [0.2, 0.25) is 0 Å². The van der Waals surface area contributed by atoms with Crippen LogP contribution in [-0.2, 0) is 23.0 Å². The Bertz CT molecular complexity index is 826. The second-order valence-corrected chi connectivity index (χ2v) is 8.48. The Morgan fingerprint density at radius 1 is 1.07 bits per heavy atom. The molecule has 1 aliphatic heterocycles. The van der Waals surface area contributed by atoms with Gasteiger partial charge in [-0.25, -0.2) is 0 Å². The van der Waals surface area contributed by atoms with E-state index in [1.165, 1.54) is 29.5 Å². The highest BCUT2D eigenvalue weighted by Crippen LogP contribution is 2.36. The van der Waals surface area contributed by atoms with E-state index in [2.05, 4.69) is 63.7 Å². The fourth-order valence-corrected chi connectivity index (χ4v) is 4.44. The molecule has 5 heteroatoms. The van der Waals surface area contributed by atoms with Crippen LogP contribution in [0.3, 0.4) is 0 Å². The first-order chi connectivity index (χ1) is 13.1. The van der Waals surface area contributed by atoms with Crippen LogP contribution in [0.15, 0.2) is 51.9 Å². The van der Waals surface area contributed by atoms with Crippen LogP contribution < -0.4 is 11.1 Å². The van der Waals surface area contributed by atoms with E-state index in [1.54, 1.807) is 0 Å². The summed E-state index contributed by atoms with van der Waals surface area (Å²) >= 11 is 3.53. The highest BCUT2D eigenvalue weighted by Gasteiger charge is 2.34. The number of rotatable bonds is 4. The zero-order valence-electron chi connectivity index (χ0n) is 15.5. The van der Waals surface area contributed by atoms with Crippen molar-refractivity contribution in [2.45, 2.75) is 37.5 Å². The molecule has 1 aliphatic carbocycles. The maximum atomic E-state index is 6.23. The first-order valence-corrected chi connectivity index (χ1v) is 10.5. The number of nitrogens with two attached hydrogens (primary N) is 1. The molecule has 0 amide bonds. The number of anilines is 1. The van der Waals surface area contributed by atoms with E-state index < -0.39 is 0 Å². The summed E-state index contributed by atoms with van der Waals surface area (Å²) in [5.74, 6) is 0.482. The van der Waals surface area contributed by atoms with E-state index >= 15 is 0 Å². The monoisotopic (exact) mass is 427 g/mol. The van der Waals surface area contributed by atoms with Crippen molar-refractivity contribution >= 4 is 27.6 Å². The van der Waals surface area contributed by atoms with Gasteiger partial charge < -0.3 is 15.8 Å². The minimum atomic E-state index is -0.0107. The molecule has 0 radical (unpaired) electrons. The van der Waals surface area contributed by atoms with Crippen molar-refractivity contribution in [3.63, 3.8) is 0 Å². The third kappa shape index (κ3) is 4.19. The van der Waals surface area contributed by atoms with E-state index in [9.17, 15) is 0 Å². The number of halogens is 1. The average Bonchev–Trinajstić information content (AvgIpc) is 3.15. The summed E-state index contributed by atoms with van der Waals surface area (Å²) in [7, 11) is 0. The third-order valence-electron chi connectivity index (χ3n) is 5.83. The summed E-state index contributed by atoms with van der Waals surface area (Å²) in [6.45, 7) is 2.20. The van der Waals surface area contributed by atoms with Gasteiger partial charge in [0.05, 0.1) is 6.54 Å². The SMILES string of the molecule is NC(=NCC1(c2ccc(Br)cc2)CCOCC1)Nc1ccc2c(c1)CCC2. The van der Waals surface area contributed by atoms with E-state index in [0.29, 0.717) is 12.5 Å². The van der Waals surface area contributed by atoms with Crippen molar-refractivity contribution < 1.29 is 4.74 Å². The summed E-state index contributed by atoms with van der Waals surface area (Å²) < 4.78 is 6.70. The van der Waals surface area contributed by atoms with Gasteiger partial charge in [0.25, 0.3) is 0 Å². The Labute approximate surface area is 169 Å². The van der Waals surface area contributed by atoms with Gasteiger partial charge in [0, 0.05) is 28.8 Å². The highest BCUT2D eigenvalue weighted by atomic mass is 79.9. The van der Waals surface area contributed by atoms with Gasteiger partial charge in [-0.15, -0.1) is 0 Å². The summed E-state index contributed by atoms with van der Waals surface area (Å²) in [4.78, 5) is 4.72. The van der Waals surface area contributed by atoms with Crippen LogP contribution >= 0.6 is 15.9 Å². The summed E-state index contributed by atoms with van der Waals surface area (Å²) in [5.41, 5.74) is 11.5. The predicted octanol–water partition coefficient (Wildman–Crippen LogP) is 4.41. The van der Waals surface area contributed by atoms with Gasteiger partial charge in [0.1, 0.15) is 0 Å². The molecule has 2 aromatic carbocycles. The van der Waals surface area contributed by atoms with E-state index in [4.69, 9.17) is 15.5 Å². The van der Waals surface area contributed by atoms with Crippen molar-refractivity contribution in [2.75, 3.05) is 25.1 Å². The lowest BCUT2D eigenvalue weighted by Gasteiger charge is -2.36. The number of benzene rings is 2. The molecule has 0 aromatic heterocycles. The van der Waals surface area contributed by atoms with Crippen LogP contribution in [0.1, 0.15) is 36.0 Å². The molecule has 1 saturated heterocycles. The molecule has 3 N–H and O–H groups in total. The lowest BCUT2D eigenvalue weighted by atomic mass is 9.74. The van der Waals surface area contributed by atoms with Crippen molar-refractivity contribution in [1.29, 1.82) is 0 Å². The molecule has 0 unspecified atom stereocenters. The van der Waals surface area contributed by atoms with Gasteiger partial charge >= 0.3 is 0 Å². The smallest absolute Gasteiger partial charge is 0.193 e. The van der Waals surface area contributed by atoms with Crippen molar-refractivity contribution in [2.24, 2.45) is 10.7 Å². The summed E-state index contributed by atoms with van der Waals surface area (Å²) in [6.07, 6.45) is 5.53. The van der Waals surface area contributed by atoms with Crippen molar-refractivity contribution in [3.05, 3.63) is 63.6 Å². The fourth-order valence-electron chi connectivity index (χ4n) is 4.18. The van der Waals surface area contributed by atoms with Crippen LogP contribution in [-0.4, -0.2) is 25.7 Å². The van der Waals surface area contributed by atoms with Gasteiger partial charge in [-0.1, -0.05) is 34.1 Å². The molecule has 0 bridgehead atoms. The third-order valence-corrected chi connectivity index (χ3v) is 6.36. The molecule has 2 aliphatic rings. The maximum absolute atomic E-state index is 6.23. The second-order valence-electron chi connectivity index (χ2n) is 7.56. The number of hydrogen-bond acceptors (Lipinski definition) is 2. The Morgan fingerprint density at radius 2 is 1.81 bits per heavy atom. The van der Waals surface area contributed by atoms with Crippen molar-refractivity contribution in [1.82, 2.24) is 0 Å². The molecular formula is C22H26BrN3O. The molecule has 142 valence electrons. The minimum absolute atomic E-state index is 0.0107. The van der Waals surface area contributed by atoms with Crippen LogP contribution in [0.5, 0.6) is 0 Å². The van der Waals surface area contributed by atoms with Crippen LogP contribution in [0.25, 0.3) is 0 Å². The first kappa shape index (κ1) is 18.5. The fraction of sp³-hybridized carbons (Fsp3) is 0.409. The van der Waals surface area contributed by atoms with Crippen LogP contribution in [0.4, 0.5) is 5.69 Å². The van der Waals surface area contributed by atoms with E-state index in [0.717, 1.165) is 42.6 Å². The Morgan fingerprint density at radius 3 is 2.59 bits per heavy atom. The number of aryl methyl sites for hydroxylation is 2. The molecule has 0 spiro atoms. The first-order valence-electron chi connectivity index (χ1n) is 9.67. The molecule has 0 atom stereocenters. The Kier molecular flexibility index (Phi) is 5.50. The van der Waals surface area contributed by atoms with E-state index in [1.807, 2.05) is 0 Å². The number of nitrogens with zero attached hydrogens (tertiary/aromatic N) is 1. The van der Waals surface area contributed by atoms with Crippen molar-refractivity contribution in [3.8, 4) is 0 Å². The molecule has 4 nitrogen and oxygen atoms in total. The molecule has 0 saturated carbocycles. The number of aliphatic imine (C=N–C) groups is 1. The van der Waals surface area contributed by atoms with Gasteiger partial charge in [-0.2, -0.15) is 0 Å². The molecule has 1 fully saturated rings. The maximum Gasteiger partial charge on any atom is 0.193 e. The van der Waals surface area contributed by atoms with Gasteiger partial charge in [0.15, 0.2) is 5.96 Å². The van der Waals surface area contributed by atoms with E-state index in [-0.39, 0.29) is 5.41 Å². The number of guanidine groups is 1. The van der Waals surface area contributed by atoms with Gasteiger partial charge in [-0.05, 0) is 73.1 Å². The average molecular weight is 428 g/mol. The summed E-state index contributed by atoms with van der Waals surface area (Å²) in [6, 6.07) is 15.1. The number of hydrogen-bond donors (Lipinski definition) is 2. The van der Waals surface area contributed by atoms with Crippen LogP contribution in [0, 0.1) is 0 Å². The van der Waals surface area contributed by atoms with Crippen LogP contribution in [0.2, 0.25) is 0 Å². The second kappa shape index (κ2) is 8.03. The molecule has 1 heterocycles.